The fraction of sp³-hybridized carbons (Fsp3) is 0.240. The molecule has 4 amide bonds. The van der Waals surface area contributed by atoms with E-state index in [1.165, 1.54) is 0 Å². The monoisotopic (exact) mass is 415 g/mol. The van der Waals surface area contributed by atoms with Crippen molar-refractivity contribution >= 4 is 34.3 Å². The molecule has 1 atom stereocenters. The fourth-order valence-corrected chi connectivity index (χ4v) is 3.91. The lowest BCUT2D eigenvalue weighted by atomic mass is 9.90. The van der Waals surface area contributed by atoms with Gasteiger partial charge in [0.2, 0.25) is 5.91 Å². The van der Waals surface area contributed by atoms with E-state index in [0.717, 1.165) is 21.2 Å². The van der Waals surface area contributed by atoms with Crippen LogP contribution in [0.25, 0.3) is 10.8 Å². The van der Waals surface area contributed by atoms with Crippen LogP contribution in [0.4, 0.5) is 10.5 Å². The summed E-state index contributed by atoms with van der Waals surface area (Å²) in [6.45, 7) is 5.50. The van der Waals surface area contributed by atoms with Gasteiger partial charge in [0.15, 0.2) is 0 Å². The highest BCUT2D eigenvalue weighted by Gasteiger charge is 2.49. The van der Waals surface area contributed by atoms with Gasteiger partial charge in [-0.25, -0.2) is 4.79 Å². The highest BCUT2D eigenvalue weighted by Crippen LogP contribution is 2.30. The molecule has 1 aliphatic heterocycles. The minimum absolute atomic E-state index is 0.354. The second-order valence-electron chi connectivity index (χ2n) is 8.30. The Kier molecular flexibility index (Phi) is 5.23. The second kappa shape index (κ2) is 7.87. The van der Waals surface area contributed by atoms with Gasteiger partial charge >= 0.3 is 6.03 Å². The standard InChI is InChI=1S/C25H25N3O3/c1-16(2)17-11-13-19(14-12-17)25(3)23(30)28(24(31)27-25)15-22(29)26-21-10-6-8-18-7-4-5-9-20(18)21/h4-14,16H,15H2,1-3H3,(H,26,29)(H,27,31)/t25-/m1/s1. The van der Waals surface area contributed by atoms with Crippen LogP contribution in [0.5, 0.6) is 0 Å². The summed E-state index contributed by atoms with van der Waals surface area (Å²) in [6.07, 6.45) is 0. The molecule has 31 heavy (non-hydrogen) atoms. The van der Waals surface area contributed by atoms with Crippen molar-refractivity contribution in [2.75, 3.05) is 11.9 Å². The van der Waals surface area contributed by atoms with Crippen LogP contribution in [0.2, 0.25) is 0 Å². The van der Waals surface area contributed by atoms with Gasteiger partial charge in [0.1, 0.15) is 12.1 Å². The maximum atomic E-state index is 13.1. The lowest BCUT2D eigenvalue weighted by molar-refractivity contribution is -0.133. The maximum Gasteiger partial charge on any atom is 0.325 e. The molecule has 3 aromatic carbocycles. The van der Waals surface area contributed by atoms with E-state index in [2.05, 4.69) is 24.5 Å². The molecule has 2 N–H and O–H groups in total. The van der Waals surface area contributed by atoms with Crippen molar-refractivity contribution in [3.8, 4) is 0 Å². The van der Waals surface area contributed by atoms with Gasteiger partial charge < -0.3 is 10.6 Å². The number of hydrogen-bond donors (Lipinski definition) is 2. The zero-order chi connectivity index (χ0) is 22.2. The molecule has 6 nitrogen and oxygen atoms in total. The van der Waals surface area contributed by atoms with Gasteiger partial charge in [-0.15, -0.1) is 0 Å². The molecule has 0 aliphatic carbocycles. The lowest BCUT2D eigenvalue weighted by Gasteiger charge is -2.22. The Morgan fingerprint density at radius 1 is 1.00 bits per heavy atom. The van der Waals surface area contributed by atoms with Gasteiger partial charge in [0.25, 0.3) is 5.91 Å². The topological polar surface area (TPSA) is 78.5 Å². The molecule has 1 aliphatic rings. The smallest absolute Gasteiger partial charge is 0.324 e. The maximum absolute atomic E-state index is 13.1. The number of amides is 4. The number of carbonyl (C=O) groups is 3. The van der Waals surface area contributed by atoms with Crippen LogP contribution in [0.3, 0.4) is 0 Å². The van der Waals surface area contributed by atoms with E-state index in [1.807, 2.05) is 60.7 Å². The Morgan fingerprint density at radius 2 is 1.68 bits per heavy atom. The van der Waals surface area contributed by atoms with E-state index < -0.39 is 23.4 Å². The molecule has 0 bridgehead atoms. The molecule has 1 heterocycles. The summed E-state index contributed by atoms with van der Waals surface area (Å²) in [5.74, 6) is -0.507. The summed E-state index contributed by atoms with van der Waals surface area (Å²) in [4.78, 5) is 39.3. The van der Waals surface area contributed by atoms with Crippen molar-refractivity contribution in [1.82, 2.24) is 10.2 Å². The van der Waals surface area contributed by atoms with Crippen molar-refractivity contribution in [3.05, 3.63) is 77.9 Å². The van der Waals surface area contributed by atoms with Crippen LogP contribution in [-0.4, -0.2) is 29.3 Å². The van der Waals surface area contributed by atoms with Crippen LogP contribution in [-0.2, 0) is 15.1 Å². The average molecular weight is 415 g/mol. The van der Waals surface area contributed by atoms with E-state index >= 15 is 0 Å². The minimum atomic E-state index is -1.20. The minimum Gasteiger partial charge on any atom is -0.324 e. The van der Waals surface area contributed by atoms with Crippen molar-refractivity contribution in [2.24, 2.45) is 0 Å². The predicted octanol–water partition coefficient (Wildman–Crippen LogP) is 4.37. The molecular weight excluding hydrogens is 390 g/mol. The average Bonchev–Trinajstić information content (AvgIpc) is 2.98. The van der Waals surface area contributed by atoms with Crippen LogP contribution < -0.4 is 10.6 Å². The number of nitrogens with one attached hydrogen (secondary N) is 2. The third kappa shape index (κ3) is 3.77. The van der Waals surface area contributed by atoms with E-state index in [0.29, 0.717) is 17.2 Å². The number of fused-ring (bicyclic) bond motifs is 1. The number of rotatable bonds is 5. The highest BCUT2D eigenvalue weighted by atomic mass is 16.2. The Hall–Kier alpha value is -3.67. The van der Waals surface area contributed by atoms with Gasteiger partial charge in [-0.1, -0.05) is 74.5 Å². The molecule has 6 heteroatoms. The van der Waals surface area contributed by atoms with Gasteiger partial charge in [0, 0.05) is 11.1 Å². The van der Waals surface area contributed by atoms with E-state index in [1.54, 1.807) is 13.0 Å². The number of hydrogen-bond acceptors (Lipinski definition) is 3. The summed E-state index contributed by atoms with van der Waals surface area (Å²) in [5, 5.41) is 7.47. The Balaban J connectivity index is 1.51. The molecule has 1 fully saturated rings. The molecule has 3 aromatic rings. The first-order valence-electron chi connectivity index (χ1n) is 10.3. The molecular formula is C25H25N3O3. The summed E-state index contributed by atoms with van der Waals surface area (Å²) >= 11 is 0. The highest BCUT2D eigenvalue weighted by molar-refractivity contribution is 6.11. The number of anilines is 1. The van der Waals surface area contributed by atoms with Gasteiger partial charge in [-0.3, -0.25) is 14.5 Å². The quantitative estimate of drug-likeness (QED) is 0.608. The number of urea groups is 1. The van der Waals surface area contributed by atoms with Crippen molar-refractivity contribution < 1.29 is 14.4 Å². The normalized spacial score (nSPS) is 18.5. The van der Waals surface area contributed by atoms with Crippen LogP contribution in [0.1, 0.15) is 37.8 Å². The van der Waals surface area contributed by atoms with Crippen LogP contribution in [0.15, 0.2) is 66.7 Å². The molecule has 0 aromatic heterocycles. The van der Waals surface area contributed by atoms with Gasteiger partial charge in [0.05, 0.1) is 0 Å². The number of nitrogens with zero attached hydrogens (tertiary/aromatic N) is 1. The molecule has 0 spiro atoms. The van der Waals surface area contributed by atoms with E-state index in [4.69, 9.17) is 0 Å². The summed E-state index contributed by atoms with van der Waals surface area (Å²) in [7, 11) is 0. The first kappa shape index (κ1) is 20.6. The molecule has 0 radical (unpaired) electrons. The molecule has 158 valence electrons. The Bertz CT molecular complexity index is 1160. The van der Waals surface area contributed by atoms with Crippen molar-refractivity contribution in [3.63, 3.8) is 0 Å². The lowest BCUT2D eigenvalue weighted by Crippen LogP contribution is -2.42. The molecule has 0 unspecified atom stereocenters. The summed E-state index contributed by atoms with van der Waals surface area (Å²) in [6, 6.07) is 20.3. The van der Waals surface area contributed by atoms with Crippen LogP contribution in [0, 0.1) is 0 Å². The fourth-order valence-electron chi connectivity index (χ4n) is 3.91. The zero-order valence-electron chi connectivity index (χ0n) is 17.8. The number of benzene rings is 3. The SMILES string of the molecule is CC(C)c1ccc([C@@]2(C)NC(=O)N(CC(=O)Nc3cccc4ccccc34)C2=O)cc1. The molecule has 4 rings (SSSR count). The summed E-state index contributed by atoms with van der Waals surface area (Å²) in [5.41, 5.74) is 1.27. The first-order valence-corrected chi connectivity index (χ1v) is 10.3. The van der Waals surface area contributed by atoms with Crippen LogP contribution >= 0.6 is 0 Å². The van der Waals surface area contributed by atoms with Crippen molar-refractivity contribution in [2.45, 2.75) is 32.2 Å². The third-order valence-corrected chi connectivity index (χ3v) is 5.80. The van der Waals surface area contributed by atoms with E-state index in [-0.39, 0.29) is 6.54 Å². The third-order valence-electron chi connectivity index (χ3n) is 5.80. The first-order chi connectivity index (χ1) is 14.8. The van der Waals surface area contributed by atoms with E-state index in [9.17, 15) is 14.4 Å². The summed E-state index contributed by atoms with van der Waals surface area (Å²) < 4.78 is 0. The zero-order valence-corrected chi connectivity index (χ0v) is 17.8. The van der Waals surface area contributed by atoms with Gasteiger partial charge in [-0.2, -0.15) is 0 Å². The second-order valence-corrected chi connectivity index (χ2v) is 8.30. The van der Waals surface area contributed by atoms with Gasteiger partial charge in [-0.05, 0) is 35.4 Å². The molecule has 0 saturated carbocycles. The Morgan fingerprint density at radius 3 is 2.39 bits per heavy atom. The Labute approximate surface area is 181 Å². The number of carbonyl (C=O) groups excluding carboxylic acids is 3. The van der Waals surface area contributed by atoms with Crippen molar-refractivity contribution in [1.29, 1.82) is 0 Å². The number of imide groups is 1. The predicted molar refractivity (Wildman–Crippen MR) is 121 cm³/mol. The molecule has 1 saturated heterocycles. The largest absolute Gasteiger partial charge is 0.325 e.